The number of benzene rings is 2. The molecule has 10 heteroatoms. The van der Waals surface area contributed by atoms with Gasteiger partial charge in [-0.05, 0) is 61.2 Å². The fourth-order valence-electron chi connectivity index (χ4n) is 5.74. The Bertz CT molecular complexity index is 1420. The molecule has 2 aliphatic rings. The van der Waals surface area contributed by atoms with Crippen LogP contribution in [0.5, 0.6) is 0 Å². The largest absolute Gasteiger partial charge is 0.466 e. The average molecular weight is 597 g/mol. The molecule has 3 aromatic rings. The Kier molecular flexibility index (Phi) is 9.37. The van der Waals surface area contributed by atoms with Crippen LogP contribution >= 0.6 is 23.2 Å². The number of aromatic nitrogens is 1. The van der Waals surface area contributed by atoms with Gasteiger partial charge in [-0.2, -0.15) is 5.48 Å². The van der Waals surface area contributed by atoms with Crippen molar-refractivity contribution in [2.75, 3.05) is 6.61 Å². The van der Waals surface area contributed by atoms with Gasteiger partial charge in [-0.25, -0.2) is 0 Å². The summed E-state index contributed by atoms with van der Waals surface area (Å²) in [6.45, 7) is 2.10. The molecular formula is C31H31Cl2N3O5. The summed E-state index contributed by atoms with van der Waals surface area (Å²) in [5, 5.41) is 12.4. The van der Waals surface area contributed by atoms with E-state index in [2.05, 4.69) is 10.5 Å². The third kappa shape index (κ3) is 6.17. The fraction of sp³-hybridized carbons (Fsp3) is 0.323. The number of allylic oxidation sites excluding steroid dienone is 1. The second-order valence-corrected chi connectivity index (χ2v) is 10.8. The molecule has 5 rings (SSSR count). The highest BCUT2D eigenvalue weighted by atomic mass is 35.5. The predicted octanol–water partition coefficient (Wildman–Crippen LogP) is 5.61. The first-order chi connectivity index (χ1) is 19.9. The number of nitrogens with one attached hydrogen (secondary N) is 1. The molecule has 8 nitrogen and oxygen atoms in total. The smallest absolute Gasteiger partial charge is 0.311 e. The normalized spacial score (nSPS) is 22.7. The van der Waals surface area contributed by atoms with Crippen molar-refractivity contribution in [3.8, 4) is 0 Å². The van der Waals surface area contributed by atoms with E-state index >= 15 is 0 Å². The molecule has 214 valence electrons. The zero-order valence-corrected chi connectivity index (χ0v) is 24.0. The van der Waals surface area contributed by atoms with Crippen molar-refractivity contribution >= 4 is 35.1 Å². The van der Waals surface area contributed by atoms with Crippen LogP contribution in [0.25, 0.3) is 0 Å². The van der Waals surface area contributed by atoms with Gasteiger partial charge in [0.25, 0.3) is 5.91 Å². The highest BCUT2D eigenvalue weighted by Gasteiger charge is 2.49. The number of aliphatic hydroxyl groups excluding tert-OH is 1. The highest BCUT2D eigenvalue weighted by Crippen LogP contribution is 2.49. The van der Waals surface area contributed by atoms with Crippen LogP contribution in [0, 0.1) is 5.92 Å². The summed E-state index contributed by atoms with van der Waals surface area (Å²) >= 11 is 13.0. The van der Waals surface area contributed by atoms with Gasteiger partial charge in [-0.3, -0.25) is 19.4 Å². The van der Waals surface area contributed by atoms with Crippen LogP contribution in [-0.2, 0) is 21.0 Å². The molecule has 5 atom stereocenters. The number of carbonyl (C=O) groups is 2. The molecule has 0 bridgehead atoms. The van der Waals surface area contributed by atoms with Crippen molar-refractivity contribution in [3.05, 3.63) is 111 Å². The number of hydroxylamine groups is 1. The van der Waals surface area contributed by atoms with Crippen molar-refractivity contribution in [1.82, 2.24) is 15.4 Å². The Morgan fingerprint density at radius 2 is 1.88 bits per heavy atom. The van der Waals surface area contributed by atoms with Gasteiger partial charge in [0.2, 0.25) is 0 Å². The van der Waals surface area contributed by atoms with Crippen LogP contribution in [0.15, 0.2) is 79.0 Å². The summed E-state index contributed by atoms with van der Waals surface area (Å²) in [5.41, 5.74) is 5.10. The molecule has 1 aliphatic carbocycles. The molecule has 1 aromatic heterocycles. The number of nitrogens with zero attached hydrogens (tertiary/aromatic N) is 2. The summed E-state index contributed by atoms with van der Waals surface area (Å²) in [7, 11) is 0. The van der Waals surface area contributed by atoms with Crippen molar-refractivity contribution in [2.24, 2.45) is 5.92 Å². The minimum absolute atomic E-state index is 0.111. The van der Waals surface area contributed by atoms with Crippen LogP contribution in [0.3, 0.4) is 0 Å². The molecule has 5 unspecified atom stereocenters. The molecule has 0 spiro atoms. The number of aliphatic hydroxyl groups is 1. The van der Waals surface area contributed by atoms with E-state index in [4.69, 9.17) is 32.8 Å². The number of fused-ring (bicyclic) bond motifs is 1. The Labute approximate surface area is 248 Å². The van der Waals surface area contributed by atoms with Crippen LogP contribution in [-0.4, -0.2) is 45.7 Å². The van der Waals surface area contributed by atoms with Crippen molar-refractivity contribution in [1.29, 1.82) is 0 Å². The molecule has 2 N–H and O–H groups in total. The third-order valence-electron chi connectivity index (χ3n) is 7.54. The lowest BCUT2D eigenvalue weighted by Crippen LogP contribution is -2.56. The first-order valence-corrected chi connectivity index (χ1v) is 14.3. The topological polar surface area (TPSA) is 101 Å². The Morgan fingerprint density at radius 1 is 1.10 bits per heavy atom. The fourth-order valence-corrected chi connectivity index (χ4v) is 6.26. The van der Waals surface area contributed by atoms with E-state index in [0.29, 0.717) is 45.3 Å². The summed E-state index contributed by atoms with van der Waals surface area (Å²) in [6, 6.07) is 16.4. The van der Waals surface area contributed by atoms with Gasteiger partial charge in [0, 0.05) is 27.8 Å². The molecular weight excluding hydrogens is 565 g/mol. The first kappa shape index (κ1) is 29.2. The zero-order chi connectivity index (χ0) is 28.9. The Balaban J connectivity index is 1.60. The minimum atomic E-state index is -1.27. The number of esters is 1. The monoisotopic (exact) mass is 595 g/mol. The molecule has 1 amide bonds. The Hall–Kier alpha value is -3.27. The maximum absolute atomic E-state index is 14.3. The first-order valence-electron chi connectivity index (χ1n) is 13.5. The summed E-state index contributed by atoms with van der Waals surface area (Å²) < 4.78 is 5.42. The number of amides is 1. The van der Waals surface area contributed by atoms with Gasteiger partial charge in [0.1, 0.15) is 12.8 Å². The number of rotatable bonds is 9. The second kappa shape index (κ2) is 13.1. The van der Waals surface area contributed by atoms with E-state index in [-0.39, 0.29) is 25.1 Å². The quantitative estimate of drug-likeness (QED) is 0.143. The number of hydrogen-bond donors (Lipinski definition) is 2. The highest BCUT2D eigenvalue weighted by molar-refractivity contribution is 6.35. The number of carbonyl (C=O) groups excluding carboxylic acids is 2. The predicted molar refractivity (Wildman–Crippen MR) is 155 cm³/mol. The van der Waals surface area contributed by atoms with E-state index in [9.17, 15) is 14.7 Å². The van der Waals surface area contributed by atoms with Gasteiger partial charge in [0.05, 0.1) is 30.2 Å². The van der Waals surface area contributed by atoms with E-state index in [1.54, 1.807) is 54.4 Å². The molecule has 2 aromatic carbocycles. The van der Waals surface area contributed by atoms with E-state index in [1.165, 1.54) is 0 Å². The number of pyridine rings is 1. The molecule has 2 heterocycles. The van der Waals surface area contributed by atoms with Crippen LogP contribution in [0.2, 0.25) is 10.0 Å². The lowest BCUT2D eigenvalue weighted by molar-refractivity contribution is -0.151. The van der Waals surface area contributed by atoms with Crippen LogP contribution < -0.4 is 5.48 Å². The summed E-state index contributed by atoms with van der Waals surface area (Å²) in [6.07, 6.45) is 5.15. The van der Waals surface area contributed by atoms with Crippen molar-refractivity contribution in [3.63, 3.8) is 0 Å². The summed E-state index contributed by atoms with van der Waals surface area (Å²) in [5.74, 6) is -1.94. The number of hydrogen-bond acceptors (Lipinski definition) is 7. The number of halogens is 2. The maximum Gasteiger partial charge on any atom is 0.311 e. The average Bonchev–Trinajstić information content (AvgIpc) is 2.98. The van der Waals surface area contributed by atoms with Crippen LogP contribution in [0.1, 0.15) is 58.9 Å². The van der Waals surface area contributed by atoms with E-state index < -0.39 is 30.1 Å². The van der Waals surface area contributed by atoms with Gasteiger partial charge in [0.15, 0.2) is 0 Å². The standard InChI is InChI=1S/C31H31Cl2N3O5/c1-2-40-31(39)24-12-5-6-13-26(24)36-28(23-15-14-19(32)17-25(23)33)27(21-10-3-4-11-22(21)30(36)38)29(37)35-41-18-20-9-7-8-16-34-20/h3-11,14-17,24,26-29,35,37H,2,12-13,18H2,1H3. The van der Waals surface area contributed by atoms with Crippen molar-refractivity contribution < 1.29 is 24.3 Å². The Morgan fingerprint density at radius 3 is 2.63 bits per heavy atom. The molecule has 0 saturated carbocycles. The molecule has 1 aliphatic heterocycles. The molecule has 41 heavy (non-hydrogen) atoms. The minimum Gasteiger partial charge on any atom is -0.466 e. The second-order valence-electron chi connectivity index (χ2n) is 9.98. The molecule has 0 fully saturated rings. The molecule has 0 radical (unpaired) electrons. The van der Waals surface area contributed by atoms with Gasteiger partial charge < -0.3 is 14.7 Å². The van der Waals surface area contributed by atoms with Crippen molar-refractivity contribution in [2.45, 2.75) is 50.6 Å². The van der Waals surface area contributed by atoms with E-state index in [0.717, 1.165) is 0 Å². The van der Waals surface area contributed by atoms with Crippen LogP contribution in [0.4, 0.5) is 0 Å². The zero-order valence-electron chi connectivity index (χ0n) is 22.5. The van der Waals surface area contributed by atoms with Gasteiger partial charge in [-0.1, -0.05) is 65.7 Å². The summed E-state index contributed by atoms with van der Waals surface area (Å²) in [4.78, 5) is 39.1. The molecule has 0 saturated heterocycles. The third-order valence-corrected chi connectivity index (χ3v) is 8.10. The van der Waals surface area contributed by atoms with Gasteiger partial charge in [-0.15, -0.1) is 0 Å². The SMILES string of the molecule is CCOC(=O)C1CC=CCC1N1C(=O)c2ccccc2C(C(O)NOCc2ccccn2)C1c1ccc(Cl)cc1Cl. The maximum atomic E-state index is 14.3. The lowest BCUT2D eigenvalue weighted by atomic mass is 9.75. The lowest BCUT2D eigenvalue weighted by Gasteiger charge is -2.49. The van der Waals surface area contributed by atoms with Gasteiger partial charge >= 0.3 is 5.97 Å². The number of ether oxygens (including phenoxy) is 1. The van der Waals surface area contributed by atoms with E-state index in [1.807, 2.05) is 36.4 Å².